The molecule has 2 fully saturated rings. The van der Waals surface area contributed by atoms with Crippen LogP contribution in [0, 0.1) is 11.8 Å². The first-order chi connectivity index (χ1) is 6.86. The Balaban J connectivity index is 1.73. The Hall–Kier alpha value is -0.330. The van der Waals surface area contributed by atoms with Gasteiger partial charge in [-0.1, -0.05) is 32.1 Å². The quantitative estimate of drug-likeness (QED) is 0.626. The number of Topliss-reactive ketones (excluding diaryl/α,β-unsaturated/α-hetero) is 1. The molecule has 0 heterocycles. The summed E-state index contributed by atoms with van der Waals surface area (Å²) in [5.74, 6) is 1.99. The molecule has 0 radical (unpaired) electrons. The van der Waals surface area contributed by atoms with Gasteiger partial charge in [-0.05, 0) is 31.6 Å². The second-order valence-electron chi connectivity index (χ2n) is 5.14. The Morgan fingerprint density at radius 3 is 2.50 bits per heavy atom. The van der Waals surface area contributed by atoms with Crippen molar-refractivity contribution in [3.63, 3.8) is 0 Å². The van der Waals surface area contributed by atoms with Gasteiger partial charge >= 0.3 is 0 Å². The summed E-state index contributed by atoms with van der Waals surface area (Å²) < 4.78 is 0. The van der Waals surface area contributed by atoms with Crippen molar-refractivity contribution < 1.29 is 4.79 Å². The normalized spacial score (nSPS) is 29.7. The van der Waals surface area contributed by atoms with Gasteiger partial charge in [-0.2, -0.15) is 0 Å². The van der Waals surface area contributed by atoms with Crippen LogP contribution in [0.4, 0.5) is 0 Å². The molecule has 0 aliphatic heterocycles. The molecule has 2 aliphatic rings. The first-order valence-corrected chi connectivity index (χ1v) is 6.39. The van der Waals surface area contributed by atoms with Crippen LogP contribution in [0.15, 0.2) is 0 Å². The molecule has 1 unspecified atom stereocenters. The molecule has 1 atom stereocenters. The van der Waals surface area contributed by atoms with Crippen LogP contribution in [-0.2, 0) is 4.79 Å². The van der Waals surface area contributed by atoms with Crippen molar-refractivity contribution in [2.24, 2.45) is 11.8 Å². The first kappa shape index (κ1) is 10.2. The van der Waals surface area contributed by atoms with Gasteiger partial charge in [0.05, 0.1) is 0 Å². The van der Waals surface area contributed by atoms with Crippen molar-refractivity contribution in [1.29, 1.82) is 0 Å². The Labute approximate surface area is 87.3 Å². The summed E-state index contributed by atoms with van der Waals surface area (Å²) in [4.78, 5) is 11.7. The summed E-state index contributed by atoms with van der Waals surface area (Å²) >= 11 is 0. The molecule has 2 saturated carbocycles. The summed E-state index contributed by atoms with van der Waals surface area (Å²) in [7, 11) is 0. The molecule has 2 aliphatic carbocycles. The van der Waals surface area contributed by atoms with Crippen LogP contribution >= 0.6 is 0 Å². The van der Waals surface area contributed by atoms with Gasteiger partial charge in [0.15, 0.2) is 0 Å². The molecule has 0 spiro atoms. The van der Waals surface area contributed by atoms with Crippen molar-refractivity contribution in [2.75, 3.05) is 0 Å². The summed E-state index contributed by atoms with van der Waals surface area (Å²) in [6, 6.07) is 0. The van der Waals surface area contributed by atoms with Gasteiger partial charge < -0.3 is 0 Å². The van der Waals surface area contributed by atoms with Gasteiger partial charge in [0.1, 0.15) is 5.78 Å². The van der Waals surface area contributed by atoms with Gasteiger partial charge in [0, 0.05) is 12.3 Å². The monoisotopic (exact) mass is 194 g/mol. The van der Waals surface area contributed by atoms with E-state index in [1.807, 2.05) is 0 Å². The number of carbonyl (C=O) groups excluding carboxylic acids is 1. The minimum absolute atomic E-state index is 0.443. The number of hydrogen-bond acceptors (Lipinski definition) is 1. The van der Waals surface area contributed by atoms with Crippen LogP contribution in [0.2, 0.25) is 0 Å². The fraction of sp³-hybridized carbons (Fsp3) is 0.923. The van der Waals surface area contributed by atoms with E-state index in [0.29, 0.717) is 11.7 Å². The zero-order valence-electron chi connectivity index (χ0n) is 9.13. The van der Waals surface area contributed by atoms with E-state index in [-0.39, 0.29) is 0 Å². The Morgan fingerprint density at radius 2 is 1.79 bits per heavy atom. The van der Waals surface area contributed by atoms with Crippen molar-refractivity contribution in [2.45, 2.75) is 64.2 Å². The highest BCUT2D eigenvalue weighted by molar-refractivity contribution is 5.81. The van der Waals surface area contributed by atoms with Crippen LogP contribution in [0.3, 0.4) is 0 Å². The molecule has 0 N–H and O–H groups in total. The molecule has 1 heteroatoms. The van der Waals surface area contributed by atoms with Crippen LogP contribution in [-0.4, -0.2) is 5.78 Å². The summed E-state index contributed by atoms with van der Waals surface area (Å²) in [5.41, 5.74) is 0. The lowest BCUT2D eigenvalue weighted by molar-refractivity contribution is -0.123. The molecule has 1 nitrogen and oxygen atoms in total. The second-order valence-corrected chi connectivity index (χ2v) is 5.14. The maximum Gasteiger partial charge on any atom is 0.135 e. The molecule has 2 rings (SSSR count). The maximum atomic E-state index is 11.7. The van der Waals surface area contributed by atoms with E-state index in [9.17, 15) is 4.79 Å². The van der Waals surface area contributed by atoms with Crippen LogP contribution < -0.4 is 0 Å². The van der Waals surface area contributed by atoms with Crippen LogP contribution in [0.25, 0.3) is 0 Å². The number of rotatable bonds is 3. The Kier molecular flexibility index (Phi) is 3.61. The van der Waals surface area contributed by atoms with Crippen molar-refractivity contribution in [3.8, 4) is 0 Å². The molecular formula is C13H22O. The third kappa shape index (κ3) is 2.59. The maximum absolute atomic E-state index is 11.7. The van der Waals surface area contributed by atoms with E-state index in [1.165, 1.54) is 51.4 Å². The van der Waals surface area contributed by atoms with Gasteiger partial charge in [-0.15, -0.1) is 0 Å². The molecule has 0 aromatic carbocycles. The zero-order chi connectivity index (χ0) is 9.80. The highest BCUT2D eigenvalue weighted by Crippen LogP contribution is 2.33. The van der Waals surface area contributed by atoms with Crippen molar-refractivity contribution >= 4 is 5.78 Å². The summed E-state index contributed by atoms with van der Waals surface area (Å²) in [6.45, 7) is 0. The van der Waals surface area contributed by atoms with E-state index >= 15 is 0 Å². The standard InChI is InChI=1S/C13H22O/c14-13-8-3-1-2-7-12(13)10-9-11-5-4-6-11/h11-12H,1-10H2. The fourth-order valence-electron chi connectivity index (χ4n) is 2.76. The lowest BCUT2D eigenvalue weighted by Crippen LogP contribution is -2.17. The van der Waals surface area contributed by atoms with E-state index in [1.54, 1.807) is 0 Å². The largest absolute Gasteiger partial charge is 0.299 e. The Bertz CT molecular complexity index is 193. The predicted molar refractivity (Wildman–Crippen MR) is 58.2 cm³/mol. The summed E-state index contributed by atoms with van der Waals surface area (Å²) in [5, 5.41) is 0. The molecule has 0 saturated heterocycles. The fourth-order valence-corrected chi connectivity index (χ4v) is 2.76. The lowest BCUT2D eigenvalue weighted by atomic mass is 9.79. The van der Waals surface area contributed by atoms with E-state index in [0.717, 1.165) is 18.8 Å². The third-order valence-corrected chi connectivity index (χ3v) is 4.08. The number of ketones is 1. The molecule has 0 aromatic rings. The average Bonchev–Trinajstić information content (AvgIpc) is 2.29. The zero-order valence-corrected chi connectivity index (χ0v) is 9.13. The molecule has 14 heavy (non-hydrogen) atoms. The minimum atomic E-state index is 0.443. The molecule has 0 bridgehead atoms. The highest BCUT2D eigenvalue weighted by atomic mass is 16.1. The molecule has 0 aromatic heterocycles. The van der Waals surface area contributed by atoms with E-state index in [2.05, 4.69) is 0 Å². The van der Waals surface area contributed by atoms with Gasteiger partial charge in [-0.3, -0.25) is 4.79 Å². The van der Waals surface area contributed by atoms with E-state index in [4.69, 9.17) is 0 Å². The van der Waals surface area contributed by atoms with Gasteiger partial charge in [0.2, 0.25) is 0 Å². The van der Waals surface area contributed by atoms with Crippen molar-refractivity contribution in [1.82, 2.24) is 0 Å². The number of hydrogen-bond donors (Lipinski definition) is 0. The molecule has 0 amide bonds. The highest BCUT2D eigenvalue weighted by Gasteiger charge is 2.23. The number of carbonyl (C=O) groups is 1. The predicted octanol–water partition coefficient (Wildman–Crippen LogP) is 3.72. The second kappa shape index (κ2) is 4.95. The minimum Gasteiger partial charge on any atom is -0.299 e. The van der Waals surface area contributed by atoms with Crippen LogP contribution in [0.1, 0.15) is 64.2 Å². The van der Waals surface area contributed by atoms with Gasteiger partial charge in [0.25, 0.3) is 0 Å². The first-order valence-electron chi connectivity index (χ1n) is 6.39. The van der Waals surface area contributed by atoms with Gasteiger partial charge in [-0.25, -0.2) is 0 Å². The topological polar surface area (TPSA) is 17.1 Å². The summed E-state index contributed by atoms with van der Waals surface area (Å²) in [6.07, 6.45) is 12.6. The Morgan fingerprint density at radius 1 is 0.929 bits per heavy atom. The lowest BCUT2D eigenvalue weighted by Gasteiger charge is -2.26. The smallest absolute Gasteiger partial charge is 0.135 e. The molecule has 80 valence electrons. The van der Waals surface area contributed by atoms with E-state index < -0.39 is 0 Å². The van der Waals surface area contributed by atoms with Crippen molar-refractivity contribution in [3.05, 3.63) is 0 Å². The third-order valence-electron chi connectivity index (χ3n) is 4.08. The molecular weight excluding hydrogens is 172 g/mol. The van der Waals surface area contributed by atoms with Crippen LogP contribution in [0.5, 0.6) is 0 Å². The average molecular weight is 194 g/mol. The SMILES string of the molecule is O=C1CCCCCC1CCC1CCC1.